The summed E-state index contributed by atoms with van der Waals surface area (Å²) in [6, 6.07) is 28.3. The third-order valence-corrected chi connectivity index (χ3v) is 6.31. The average Bonchev–Trinajstić information content (AvgIpc) is 3.30. The number of hydrogen-bond acceptors (Lipinski definition) is 3. The van der Waals surface area contributed by atoms with Crippen LogP contribution in [0.4, 0.5) is 10.8 Å². The molecule has 0 saturated heterocycles. The van der Waals surface area contributed by atoms with Gasteiger partial charge in [-0.05, 0) is 42.5 Å². The zero-order chi connectivity index (χ0) is 22.5. The van der Waals surface area contributed by atoms with E-state index in [0.29, 0.717) is 11.0 Å². The number of amides is 1. The van der Waals surface area contributed by atoms with Gasteiger partial charge in [0, 0.05) is 10.9 Å². The minimum absolute atomic E-state index is 0.0155. The number of nitrogens with zero attached hydrogens (tertiary/aromatic N) is 2. The number of anilines is 2. The van der Waals surface area contributed by atoms with Crippen molar-refractivity contribution in [2.24, 2.45) is 5.92 Å². The Balaban J connectivity index is 1.65. The van der Waals surface area contributed by atoms with Gasteiger partial charge in [-0.15, -0.1) is 11.3 Å². The summed E-state index contributed by atoms with van der Waals surface area (Å²) in [5.41, 5.74) is 5.07. The first kappa shape index (κ1) is 22.0. The summed E-state index contributed by atoms with van der Waals surface area (Å²) in [6.45, 7) is 6.41. The van der Waals surface area contributed by atoms with Crippen molar-refractivity contribution in [3.63, 3.8) is 0 Å². The first-order valence-electron chi connectivity index (χ1n) is 11.0. The number of thiazole rings is 1. The van der Waals surface area contributed by atoms with Crippen LogP contribution >= 0.6 is 11.3 Å². The number of carbonyl (C=O) groups excluding carboxylic acids is 1. The van der Waals surface area contributed by atoms with Crippen molar-refractivity contribution in [2.75, 3.05) is 4.90 Å². The Hall–Kier alpha value is -3.24. The average molecular weight is 441 g/mol. The fraction of sp³-hybridized carbons (Fsp3) is 0.214. The van der Waals surface area contributed by atoms with Crippen LogP contribution in [0.1, 0.15) is 37.8 Å². The number of carbonyl (C=O) groups is 1. The summed E-state index contributed by atoms with van der Waals surface area (Å²) < 4.78 is 0. The van der Waals surface area contributed by atoms with Gasteiger partial charge in [-0.3, -0.25) is 9.69 Å². The molecule has 4 rings (SSSR count). The van der Waals surface area contributed by atoms with Gasteiger partial charge in [0.2, 0.25) is 5.91 Å². The summed E-state index contributed by atoms with van der Waals surface area (Å²) in [5, 5.41) is 2.70. The molecule has 32 heavy (non-hydrogen) atoms. The van der Waals surface area contributed by atoms with Crippen LogP contribution in [-0.2, 0) is 11.2 Å². The van der Waals surface area contributed by atoms with E-state index in [-0.39, 0.29) is 11.8 Å². The lowest BCUT2D eigenvalue weighted by atomic mass is 9.96. The zero-order valence-electron chi connectivity index (χ0n) is 18.7. The molecule has 0 radical (unpaired) electrons. The first-order valence-corrected chi connectivity index (χ1v) is 11.9. The van der Waals surface area contributed by atoms with Crippen molar-refractivity contribution in [1.29, 1.82) is 0 Å². The van der Waals surface area contributed by atoms with Gasteiger partial charge in [-0.1, -0.05) is 86.6 Å². The smallest absolute Gasteiger partial charge is 0.240 e. The van der Waals surface area contributed by atoms with Crippen molar-refractivity contribution < 1.29 is 4.79 Å². The molecule has 0 bridgehead atoms. The molecule has 4 aromatic rings. The van der Waals surface area contributed by atoms with E-state index in [0.717, 1.165) is 28.9 Å². The number of para-hydroxylation sites is 1. The Morgan fingerprint density at radius 3 is 2.12 bits per heavy atom. The lowest BCUT2D eigenvalue weighted by molar-refractivity contribution is -0.119. The van der Waals surface area contributed by atoms with Crippen LogP contribution < -0.4 is 4.90 Å². The minimum atomic E-state index is -0.285. The molecule has 0 fully saturated rings. The molecule has 162 valence electrons. The van der Waals surface area contributed by atoms with Crippen LogP contribution in [-0.4, -0.2) is 10.9 Å². The van der Waals surface area contributed by atoms with E-state index in [2.05, 4.69) is 38.1 Å². The molecule has 1 unspecified atom stereocenters. The van der Waals surface area contributed by atoms with E-state index in [1.807, 2.05) is 73.0 Å². The van der Waals surface area contributed by atoms with Gasteiger partial charge in [0.15, 0.2) is 5.13 Å². The molecular weight excluding hydrogens is 412 g/mol. The Morgan fingerprint density at radius 1 is 0.875 bits per heavy atom. The van der Waals surface area contributed by atoms with E-state index in [4.69, 9.17) is 4.98 Å². The Bertz CT molecular complexity index is 1150. The summed E-state index contributed by atoms with van der Waals surface area (Å²) in [6.07, 6.45) is 1.04. The molecule has 0 saturated carbocycles. The van der Waals surface area contributed by atoms with E-state index < -0.39 is 0 Å². The predicted molar refractivity (Wildman–Crippen MR) is 135 cm³/mol. The van der Waals surface area contributed by atoms with Gasteiger partial charge >= 0.3 is 0 Å². The van der Waals surface area contributed by atoms with Crippen molar-refractivity contribution in [2.45, 2.75) is 33.1 Å². The minimum Gasteiger partial charge on any atom is -0.273 e. The van der Waals surface area contributed by atoms with Crippen molar-refractivity contribution in [1.82, 2.24) is 4.98 Å². The zero-order valence-corrected chi connectivity index (χ0v) is 19.5. The van der Waals surface area contributed by atoms with Crippen LogP contribution in [0.15, 0.2) is 90.3 Å². The van der Waals surface area contributed by atoms with Crippen molar-refractivity contribution in [3.8, 4) is 11.3 Å². The van der Waals surface area contributed by atoms with Gasteiger partial charge in [0.05, 0.1) is 17.3 Å². The van der Waals surface area contributed by atoms with E-state index >= 15 is 0 Å². The Kier molecular flexibility index (Phi) is 6.81. The second-order valence-corrected chi connectivity index (χ2v) is 9.29. The third-order valence-electron chi connectivity index (χ3n) is 5.48. The number of rotatable bonds is 7. The van der Waals surface area contributed by atoms with Crippen molar-refractivity contribution >= 4 is 28.1 Å². The summed E-state index contributed by atoms with van der Waals surface area (Å²) in [4.78, 5) is 20.3. The van der Waals surface area contributed by atoms with Gasteiger partial charge in [-0.2, -0.15) is 0 Å². The highest BCUT2D eigenvalue weighted by Gasteiger charge is 2.27. The van der Waals surface area contributed by atoms with Gasteiger partial charge in [0.1, 0.15) is 0 Å². The quantitative estimate of drug-likeness (QED) is 0.298. The van der Waals surface area contributed by atoms with Gasteiger partial charge < -0.3 is 0 Å². The Labute approximate surface area is 194 Å². The second kappa shape index (κ2) is 9.92. The maximum atomic E-state index is 13.7. The van der Waals surface area contributed by atoms with Crippen molar-refractivity contribution in [3.05, 3.63) is 101 Å². The SMILES string of the molecule is CC(C)Cc1ccc(C(C)C(=O)N(c2ccccc2)c2nc(-c3ccccc3)cs2)cc1. The lowest BCUT2D eigenvalue weighted by Gasteiger charge is -2.24. The molecule has 3 nitrogen and oxygen atoms in total. The highest BCUT2D eigenvalue weighted by Crippen LogP contribution is 2.35. The van der Waals surface area contributed by atoms with Crippen LogP contribution in [0.25, 0.3) is 11.3 Å². The van der Waals surface area contributed by atoms with E-state index in [9.17, 15) is 4.79 Å². The number of hydrogen-bond donors (Lipinski definition) is 0. The summed E-state index contributed by atoms with van der Waals surface area (Å²) >= 11 is 1.49. The fourth-order valence-corrected chi connectivity index (χ4v) is 4.63. The van der Waals surface area contributed by atoms with E-state index in [1.54, 1.807) is 4.90 Å². The molecule has 0 N–H and O–H groups in total. The molecule has 3 aromatic carbocycles. The fourth-order valence-electron chi connectivity index (χ4n) is 3.77. The molecule has 1 atom stereocenters. The summed E-state index contributed by atoms with van der Waals surface area (Å²) in [5.74, 6) is 0.339. The molecule has 0 aliphatic rings. The second-order valence-electron chi connectivity index (χ2n) is 8.45. The lowest BCUT2D eigenvalue weighted by Crippen LogP contribution is -2.30. The largest absolute Gasteiger partial charge is 0.273 e. The molecule has 0 aliphatic heterocycles. The molecule has 1 amide bonds. The predicted octanol–water partition coefficient (Wildman–Crippen LogP) is 7.48. The highest BCUT2D eigenvalue weighted by molar-refractivity contribution is 7.14. The molecular formula is C28H28N2OS. The maximum absolute atomic E-state index is 13.7. The van der Waals surface area contributed by atoms with Crippen LogP contribution in [0.2, 0.25) is 0 Å². The standard InChI is InChI=1S/C28H28N2OS/c1-20(2)18-22-14-16-23(17-15-22)21(3)27(31)30(25-12-8-5-9-13-25)28-29-26(19-32-28)24-10-6-4-7-11-24/h4-17,19-21H,18H2,1-3H3. The summed E-state index contributed by atoms with van der Waals surface area (Å²) in [7, 11) is 0. The van der Waals surface area contributed by atoms with Crippen LogP contribution in [0.5, 0.6) is 0 Å². The van der Waals surface area contributed by atoms with Gasteiger partial charge in [0.25, 0.3) is 0 Å². The molecule has 0 spiro atoms. The monoisotopic (exact) mass is 440 g/mol. The first-order chi connectivity index (χ1) is 15.5. The molecule has 0 aliphatic carbocycles. The Morgan fingerprint density at radius 2 is 1.50 bits per heavy atom. The van der Waals surface area contributed by atoms with Gasteiger partial charge in [-0.25, -0.2) is 4.98 Å². The third kappa shape index (κ3) is 4.97. The number of aromatic nitrogens is 1. The molecule has 1 aromatic heterocycles. The van der Waals surface area contributed by atoms with E-state index in [1.165, 1.54) is 16.9 Å². The number of benzene rings is 3. The highest BCUT2D eigenvalue weighted by atomic mass is 32.1. The molecule has 1 heterocycles. The van der Waals surface area contributed by atoms with Crippen LogP contribution in [0, 0.1) is 5.92 Å². The maximum Gasteiger partial charge on any atom is 0.240 e. The topological polar surface area (TPSA) is 33.2 Å². The normalized spacial score (nSPS) is 12.0. The molecule has 4 heteroatoms. The van der Waals surface area contributed by atoms with Crippen LogP contribution in [0.3, 0.4) is 0 Å².